The zero-order valence-corrected chi connectivity index (χ0v) is 12.4. The van der Waals surface area contributed by atoms with Crippen molar-refractivity contribution in [2.75, 3.05) is 12.3 Å². The average molecular weight is 290 g/mol. The smallest absolute Gasteiger partial charge is 0.256 e. The zero-order chi connectivity index (χ0) is 14.8. The summed E-state index contributed by atoms with van der Waals surface area (Å²) < 4.78 is 13.4. The molecule has 1 aliphatic carbocycles. The molecule has 4 heteroatoms. The Bertz CT molecular complexity index is 526. The fourth-order valence-electron chi connectivity index (χ4n) is 3.92. The monoisotopic (exact) mass is 290 g/mol. The van der Waals surface area contributed by atoms with Gasteiger partial charge in [-0.15, -0.1) is 0 Å². The molecule has 1 amide bonds. The molecule has 2 fully saturated rings. The van der Waals surface area contributed by atoms with Gasteiger partial charge >= 0.3 is 0 Å². The van der Waals surface area contributed by atoms with Crippen molar-refractivity contribution in [2.45, 2.75) is 51.0 Å². The van der Waals surface area contributed by atoms with E-state index in [1.54, 1.807) is 0 Å². The molecule has 1 saturated carbocycles. The molecule has 0 aromatic heterocycles. The van der Waals surface area contributed by atoms with Crippen molar-refractivity contribution < 1.29 is 9.18 Å². The highest BCUT2D eigenvalue weighted by atomic mass is 19.1. The minimum atomic E-state index is -0.402. The van der Waals surface area contributed by atoms with E-state index in [4.69, 9.17) is 5.73 Å². The number of nitrogen functional groups attached to an aromatic ring is 1. The number of hydrogen-bond donors (Lipinski definition) is 1. The van der Waals surface area contributed by atoms with Crippen LogP contribution >= 0.6 is 0 Å². The Morgan fingerprint density at radius 1 is 1.14 bits per heavy atom. The van der Waals surface area contributed by atoms with Gasteiger partial charge < -0.3 is 10.6 Å². The maximum atomic E-state index is 13.4. The Labute approximate surface area is 125 Å². The zero-order valence-electron chi connectivity index (χ0n) is 12.4. The number of hydrogen-bond acceptors (Lipinski definition) is 2. The molecule has 1 aliphatic heterocycles. The van der Waals surface area contributed by atoms with Crippen LogP contribution in [0.3, 0.4) is 0 Å². The predicted molar refractivity (Wildman–Crippen MR) is 81.4 cm³/mol. The van der Waals surface area contributed by atoms with Crippen LogP contribution < -0.4 is 5.73 Å². The Hall–Kier alpha value is -1.58. The second-order valence-corrected chi connectivity index (χ2v) is 6.34. The fourth-order valence-corrected chi connectivity index (χ4v) is 3.92. The summed E-state index contributed by atoms with van der Waals surface area (Å²) in [5, 5.41) is 0. The molecule has 1 saturated heterocycles. The number of likely N-dealkylation sites (tertiary alicyclic amines) is 1. The van der Waals surface area contributed by atoms with E-state index in [-0.39, 0.29) is 5.91 Å². The van der Waals surface area contributed by atoms with Gasteiger partial charge in [0.2, 0.25) is 0 Å². The second kappa shape index (κ2) is 6.04. The van der Waals surface area contributed by atoms with Gasteiger partial charge in [0, 0.05) is 18.3 Å². The number of carbonyl (C=O) groups is 1. The lowest BCUT2D eigenvalue weighted by molar-refractivity contribution is 0.0662. The van der Waals surface area contributed by atoms with E-state index in [9.17, 15) is 9.18 Å². The molecule has 3 rings (SSSR count). The Balaban J connectivity index is 1.80. The van der Waals surface area contributed by atoms with E-state index in [2.05, 4.69) is 0 Å². The molecular formula is C17H23FN2O. The van der Waals surface area contributed by atoms with E-state index in [0.29, 0.717) is 23.2 Å². The minimum absolute atomic E-state index is 0.0972. The average Bonchev–Trinajstić information content (AvgIpc) is 2.99. The highest BCUT2D eigenvalue weighted by molar-refractivity contribution is 5.99. The summed E-state index contributed by atoms with van der Waals surface area (Å²) in [6, 6.07) is 4.37. The summed E-state index contributed by atoms with van der Waals surface area (Å²) >= 11 is 0. The molecule has 2 N–H and O–H groups in total. The topological polar surface area (TPSA) is 46.3 Å². The summed E-state index contributed by atoms with van der Waals surface area (Å²) in [4.78, 5) is 14.7. The van der Waals surface area contributed by atoms with E-state index < -0.39 is 5.82 Å². The number of rotatable bonds is 2. The van der Waals surface area contributed by atoms with Crippen LogP contribution in [0.15, 0.2) is 18.2 Å². The van der Waals surface area contributed by atoms with Gasteiger partial charge in [0.15, 0.2) is 0 Å². The molecule has 114 valence electrons. The van der Waals surface area contributed by atoms with Gasteiger partial charge in [-0.1, -0.05) is 19.3 Å². The number of halogens is 1. The molecule has 1 atom stereocenters. The molecule has 1 aromatic rings. The molecule has 1 aromatic carbocycles. The van der Waals surface area contributed by atoms with E-state index in [0.717, 1.165) is 19.4 Å². The number of nitrogens with two attached hydrogens (primary N) is 1. The number of carbonyl (C=O) groups excluding carboxylic acids is 1. The maximum Gasteiger partial charge on any atom is 0.256 e. The van der Waals surface area contributed by atoms with Crippen molar-refractivity contribution >= 4 is 11.6 Å². The van der Waals surface area contributed by atoms with Gasteiger partial charge in [0.25, 0.3) is 5.91 Å². The van der Waals surface area contributed by atoms with Gasteiger partial charge in [-0.3, -0.25) is 4.79 Å². The van der Waals surface area contributed by atoms with Crippen LogP contribution in [0.25, 0.3) is 0 Å². The first kappa shape index (κ1) is 14.4. The lowest BCUT2D eigenvalue weighted by atomic mass is 9.83. The molecule has 21 heavy (non-hydrogen) atoms. The van der Waals surface area contributed by atoms with E-state index in [1.165, 1.54) is 50.3 Å². The van der Waals surface area contributed by atoms with Crippen LogP contribution in [0.2, 0.25) is 0 Å². The fraction of sp³-hybridized carbons (Fsp3) is 0.588. The molecule has 1 heterocycles. The van der Waals surface area contributed by atoms with Crippen LogP contribution in [0, 0.1) is 11.7 Å². The van der Waals surface area contributed by atoms with Crippen molar-refractivity contribution in [2.24, 2.45) is 5.92 Å². The van der Waals surface area contributed by atoms with Crippen LogP contribution in [0.4, 0.5) is 10.1 Å². The van der Waals surface area contributed by atoms with Gasteiger partial charge in [0.05, 0.1) is 5.56 Å². The SMILES string of the molecule is Nc1ccc(F)cc1C(=O)N1CCCC1C1CCCCC1. The summed E-state index contributed by atoms with van der Waals surface area (Å²) in [7, 11) is 0. The summed E-state index contributed by atoms with van der Waals surface area (Å²) in [5.74, 6) is 0.112. The quantitative estimate of drug-likeness (QED) is 0.846. The van der Waals surface area contributed by atoms with Crippen molar-refractivity contribution in [3.63, 3.8) is 0 Å². The second-order valence-electron chi connectivity index (χ2n) is 6.34. The predicted octanol–water partition coefficient (Wildman–Crippen LogP) is 3.59. The first-order valence-corrected chi connectivity index (χ1v) is 8.03. The lowest BCUT2D eigenvalue weighted by Crippen LogP contribution is -2.41. The van der Waals surface area contributed by atoms with E-state index in [1.807, 2.05) is 4.90 Å². The lowest BCUT2D eigenvalue weighted by Gasteiger charge is -2.34. The van der Waals surface area contributed by atoms with Gasteiger partial charge in [0.1, 0.15) is 5.82 Å². The minimum Gasteiger partial charge on any atom is -0.398 e. The molecule has 1 unspecified atom stereocenters. The molecule has 2 aliphatic rings. The van der Waals surface area contributed by atoms with Crippen molar-refractivity contribution in [1.29, 1.82) is 0 Å². The van der Waals surface area contributed by atoms with Gasteiger partial charge in [-0.05, 0) is 49.8 Å². The molecule has 0 spiro atoms. The van der Waals surface area contributed by atoms with Crippen molar-refractivity contribution in [3.8, 4) is 0 Å². The van der Waals surface area contributed by atoms with Crippen LogP contribution in [0.5, 0.6) is 0 Å². The molecule has 3 nitrogen and oxygen atoms in total. The first-order valence-electron chi connectivity index (χ1n) is 8.03. The summed E-state index contributed by atoms with van der Waals surface area (Å²) in [6.45, 7) is 0.774. The van der Waals surface area contributed by atoms with Crippen LogP contribution in [-0.2, 0) is 0 Å². The number of nitrogens with zero attached hydrogens (tertiary/aromatic N) is 1. The maximum absolute atomic E-state index is 13.4. The Kier molecular flexibility index (Phi) is 4.13. The third-order valence-corrected chi connectivity index (χ3v) is 5.00. The van der Waals surface area contributed by atoms with Gasteiger partial charge in [-0.25, -0.2) is 4.39 Å². The van der Waals surface area contributed by atoms with Crippen molar-refractivity contribution in [3.05, 3.63) is 29.6 Å². The highest BCUT2D eigenvalue weighted by Gasteiger charge is 2.36. The molecular weight excluding hydrogens is 267 g/mol. The third-order valence-electron chi connectivity index (χ3n) is 5.00. The standard InChI is InChI=1S/C17H23FN2O/c18-13-8-9-15(19)14(11-13)17(21)20-10-4-7-16(20)12-5-2-1-3-6-12/h8-9,11-12,16H,1-7,10,19H2. The number of benzene rings is 1. The van der Waals surface area contributed by atoms with Crippen molar-refractivity contribution in [1.82, 2.24) is 4.90 Å². The molecule has 0 bridgehead atoms. The summed E-state index contributed by atoms with van der Waals surface area (Å²) in [6.07, 6.45) is 8.40. The van der Waals surface area contributed by atoms with Crippen LogP contribution in [0.1, 0.15) is 55.3 Å². The normalized spacial score (nSPS) is 23.5. The molecule has 0 radical (unpaired) electrons. The van der Waals surface area contributed by atoms with Gasteiger partial charge in [-0.2, -0.15) is 0 Å². The largest absolute Gasteiger partial charge is 0.398 e. The number of amides is 1. The summed E-state index contributed by atoms with van der Waals surface area (Å²) in [5.41, 5.74) is 6.56. The Morgan fingerprint density at radius 2 is 1.90 bits per heavy atom. The first-order chi connectivity index (χ1) is 10.2. The Morgan fingerprint density at radius 3 is 2.67 bits per heavy atom. The van der Waals surface area contributed by atoms with E-state index >= 15 is 0 Å². The van der Waals surface area contributed by atoms with Crippen LogP contribution in [-0.4, -0.2) is 23.4 Å². The highest BCUT2D eigenvalue weighted by Crippen LogP contribution is 2.35. The third kappa shape index (κ3) is 2.89. The number of anilines is 1.